The van der Waals surface area contributed by atoms with Gasteiger partial charge in [0.25, 0.3) is 11.8 Å². The highest BCUT2D eigenvalue weighted by Crippen LogP contribution is 2.16. The molecule has 0 saturated carbocycles. The number of nitrogens with one attached hydrogen (secondary N) is 1. The number of primary amides is 1. The molecular weight excluding hydrogens is 363 g/mol. The van der Waals surface area contributed by atoms with Gasteiger partial charge in [-0.3, -0.25) is 19.0 Å². The van der Waals surface area contributed by atoms with Crippen LogP contribution in [0.3, 0.4) is 0 Å². The summed E-state index contributed by atoms with van der Waals surface area (Å²) < 4.78 is 3.57. The molecule has 0 unspecified atom stereocenters. The Bertz CT molecular complexity index is 640. The van der Waals surface area contributed by atoms with E-state index in [0.717, 1.165) is 0 Å². The van der Waals surface area contributed by atoms with E-state index in [4.69, 9.17) is 5.73 Å². The van der Waals surface area contributed by atoms with Gasteiger partial charge in [0.15, 0.2) is 5.69 Å². The molecule has 2 heterocycles. The molecule has 0 atom stereocenters. The Morgan fingerprint density at radius 1 is 1.42 bits per heavy atom. The predicted octanol–water partition coefficient (Wildman–Crippen LogP) is 0.109. The van der Waals surface area contributed by atoms with Crippen molar-refractivity contribution in [3.8, 4) is 0 Å². The molecule has 0 bridgehead atoms. The van der Waals surface area contributed by atoms with Crippen molar-refractivity contribution in [1.29, 1.82) is 0 Å². The summed E-state index contributed by atoms with van der Waals surface area (Å²) in [6.07, 6.45) is 3.09. The Labute approximate surface area is 122 Å². The largest absolute Gasteiger partial charge is 0.364 e. The first-order chi connectivity index (χ1) is 8.90. The number of hydrogen-bond acceptors (Lipinski definition) is 4. The van der Waals surface area contributed by atoms with E-state index >= 15 is 0 Å². The summed E-state index contributed by atoms with van der Waals surface area (Å²) in [6.45, 7) is 0. The Morgan fingerprint density at radius 2 is 2.11 bits per heavy atom. The summed E-state index contributed by atoms with van der Waals surface area (Å²) in [5.41, 5.74) is 5.90. The molecule has 0 aliphatic heterocycles. The van der Waals surface area contributed by atoms with Crippen LogP contribution in [0, 0.1) is 3.57 Å². The molecular formula is C10H11IN6O2. The number of anilines is 1. The van der Waals surface area contributed by atoms with Crippen LogP contribution in [-0.4, -0.2) is 31.4 Å². The second-order valence-electron chi connectivity index (χ2n) is 3.85. The molecule has 2 aromatic rings. The van der Waals surface area contributed by atoms with Crippen LogP contribution in [0.15, 0.2) is 12.4 Å². The molecule has 0 spiro atoms. The van der Waals surface area contributed by atoms with E-state index in [1.165, 1.54) is 15.6 Å². The van der Waals surface area contributed by atoms with E-state index < -0.39 is 5.91 Å². The van der Waals surface area contributed by atoms with Crippen molar-refractivity contribution in [3.05, 3.63) is 27.4 Å². The normalized spacial score (nSPS) is 10.5. The molecule has 0 aliphatic rings. The van der Waals surface area contributed by atoms with E-state index in [0.29, 0.717) is 9.26 Å². The van der Waals surface area contributed by atoms with Crippen LogP contribution < -0.4 is 11.1 Å². The van der Waals surface area contributed by atoms with Gasteiger partial charge >= 0.3 is 0 Å². The minimum absolute atomic E-state index is 0.0213. The maximum atomic E-state index is 12.1. The van der Waals surface area contributed by atoms with Crippen molar-refractivity contribution >= 4 is 40.1 Å². The number of carbonyl (C=O) groups excluding carboxylic acids is 2. The second-order valence-corrected chi connectivity index (χ2v) is 5.01. The van der Waals surface area contributed by atoms with Gasteiger partial charge < -0.3 is 11.1 Å². The minimum Gasteiger partial charge on any atom is -0.364 e. The van der Waals surface area contributed by atoms with Crippen LogP contribution in [-0.2, 0) is 14.1 Å². The third kappa shape index (κ3) is 2.59. The molecule has 0 aliphatic carbocycles. The molecule has 2 amide bonds. The minimum atomic E-state index is -0.699. The summed E-state index contributed by atoms with van der Waals surface area (Å²) in [7, 11) is 3.30. The van der Waals surface area contributed by atoms with Gasteiger partial charge in [0.1, 0.15) is 5.69 Å². The molecule has 0 radical (unpaired) electrons. The lowest BCUT2D eigenvalue weighted by Crippen LogP contribution is -2.20. The van der Waals surface area contributed by atoms with Gasteiger partial charge in [0.05, 0.1) is 15.5 Å². The summed E-state index contributed by atoms with van der Waals surface area (Å²) in [5.74, 6) is -1.07. The second kappa shape index (κ2) is 4.99. The van der Waals surface area contributed by atoms with Crippen LogP contribution in [0.25, 0.3) is 0 Å². The molecule has 0 saturated heterocycles. The Hall–Kier alpha value is -1.91. The van der Waals surface area contributed by atoms with Crippen molar-refractivity contribution in [2.24, 2.45) is 19.8 Å². The highest BCUT2D eigenvalue weighted by molar-refractivity contribution is 14.1. The van der Waals surface area contributed by atoms with Crippen molar-refractivity contribution in [2.75, 3.05) is 5.32 Å². The summed E-state index contributed by atoms with van der Waals surface area (Å²) in [5, 5.41) is 10.5. The number of carbonyl (C=O) groups is 2. The number of aryl methyl sites for hydroxylation is 2. The zero-order valence-electron chi connectivity index (χ0n) is 10.2. The van der Waals surface area contributed by atoms with Gasteiger partial charge in [-0.25, -0.2) is 0 Å². The van der Waals surface area contributed by atoms with Gasteiger partial charge in [0.2, 0.25) is 0 Å². The smallest absolute Gasteiger partial charge is 0.275 e. The van der Waals surface area contributed by atoms with Crippen LogP contribution >= 0.6 is 22.6 Å². The number of hydrogen-bond donors (Lipinski definition) is 2. The maximum absolute atomic E-state index is 12.1. The summed E-state index contributed by atoms with van der Waals surface area (Å²) >= 11 is 2.01. The zero-order valence-corrected chi connectivity index (χ0v) is 12.4. The lowest BCUT2D eigenvalue weighted by atomic mass is 10.3. The Morgan fingerprint density at radius 3 is 2.63 bits per heavy atom. The number of rotatable bonds is 3. The highest BCUT2D eigenvalue weighted by Gasteiger charge is 2.20. The molecule has 0 fully saturated rings. The number of nitrogens with two attached hydrogens (primary N) is 1. The SMILES string of the molecule is Cn1cc(NC(=O)c2c(I)cnn2C)c(C(N)=O)n1. The number of nitrogens with zero attached hydrogens (tertiary/aromatic N) is 4. The first-order valence-electron chi connectivity index (χ1n) is 5.22. The van der Waals surface area contributed by atoms with E-state index in [1.807, 2.05) is 22.6 Å². The number of amides is 2. The maximum Gasteiger partial charge on any atom is 0.275 e. The first kappa shape index (κ1) is 13.5. The fourth-order valence-corrected chi connectivity index (χ4v) is 2.33. The van der Waals surface area contributed by atoms with Crippen molar-refractivity contribution in [2.45, 2.75) is 0 Å². The monoisotopic (exact) mass is 374 g/mol. The third-order valence-corrected chi connectivity index (χ3v) is 3.21. The predicted molar refractivity (Wildman–Crippen MR) is 75.6 cm³/mol. The zero-order chi connectivity index (χ0) is 14.2. The standard InChI is InChI=1S/C10H11IN6O2/c1-16-4-6(7(15-16)9(12)18)14-10(19)8-5(11)3-13-17(8)2/h3-4H,1-2H3,(H2,12,18)(H,14,19). The van der Waals surface area contributed by atoms with Crippen LogP contribution in [0.5, 0.6) is 0 Å². The molecule has 2 rings (SSSR count). The van der Waals surface area contributed by atoms with Gasteiger partial charge in [-0.2, -0.15) is 10.2 Å². The summed E-state index contributed by atoms with van der Waals surface area (Å²) in [6, 6.07) is 0. The number of aromatic nitrogens is 4. The molecule has 8 nitrogen and oxygen atoms in total. The molecule has 19 heavy (non-hydrogen) atoms. The van der Waals surface area contributed by atoms with Crippen LogP contribution in [0.2, 0.25) is 0 Å². The molecule has 2 aromatic heterocycles. The number of halogens is 1. The average molecular weight is 374 g/mol. The quantitative estimate of drug-likeness (QED) is 0.744. The molecule has 9 heteroatoms. The fourth-order valence-electron chi connectivity index (χ4n) is 1.61. The van der Waals surface area contributed by atoms with Crippen LogP contribution in [0.4, 0.5) is 5.69 Å². The van der Waals surface area contributed by atoms with Crippen molar-refractivity contribution < 1.29 is 9.59 Å². The van der Waals surface area contributed by atoms with Gasteiger partial charge in [-0.15, -0.1) is 0 Å². The first-order valence-corrected chi connectivity index (χ1v) is 6.30. The Balaban J connectivity index is 2.32. The summed E-state index contributed by atoms with van der Waals surface area (Å²) in [4.78, 5) is 23.3. The molecule has 100 valence electrons. The average Bonchev–Trinajstić information content (AvgIpc) is 2.82. The van der Waals surface area contributed by atoms with Gasteiger partial charge in [0, 0.05) is 20.3 Å². The third-order valence-electron chi connectivity index (χ3n) is 2.42. The van der Waals surface area contributed by atoms with E-state index in [2.05, 4.69) is 15.5 Å². The highest BCUT2D eigenvalue weighted by atomic mass is 127. The fraction of sp³-hybridized carbons (Fsp3) is 0.200. The van der Waals surface area contributed by atoms with E-state index in [-0.39, 0.29) is 17.3 Å². The lowest BCUT2D eigenvalue weighted by Gasteiger charge is -2.04. The Kier molecular flexibility index (Phi) is 3.55. The van der Waals surface area contributed by atoms with Crippen molar-refractivity contribution in [1.82, 2.24) is 19.6 Å². The van der Waals surface area contributed by atoms with E-state index in [1.54, 1.807) is 20.3 Å². The lowest BCUT2D eigenvalue weighted by molar-refractivity contribution is 0.0995. The van der Waals surface area contributed by atoms with Crippen LogP contribution in [0.1, 0.15) is 21.0 Å². The van der Waals surface area contributed by atoms with Gasteiger partial charge in [-0.05, 0) is 22.6 Å². The molecule has 0 aromatic carbocycles. The van der Waals surface area contributed by atoms with E-state index in [9.17, 15) is 9.59 Å². The van der Waals surface area contributed by atoms with Crippen molar-refractivity contribution in [3.63, 3.8) is 0 Å². The topological polar surface area (TPSA) is 108 Å². The molecule has 3 N–H and O–H groups in total. The van der Waals surface area contributed by atoms with Gasteiger partial charge in [-0.1, -0.05) is 0 Å².